The summed E-state index contributed by atoms with van der Waals surface area (Å²) in [7, 11) is 0. The third-order valence-corrected chi connectivity index (χ3v) is 2.41. The minimum absolute atomic E-state index is 0.0852. The van der Waals surface area contributed by atoms with Crippen LogP contribution in [0.3, 0.4) is 0 Å². The van der Waals surface area contributed by atoms with Gasteiger partial charge in [0.2, 0.25) is 5.91 Å². The predicted molar refractivity (Wildman–Crippen MR) is 52.2 cm³/mol. The number of amides is 1. The van der Waals surface area contributed by atoms with Crippen LogP contribution in [-0.2, 0) is 14.3 Å². The van der Waals surface area contributed by atoms with Gasteiger partial charge < -0.3 is 20.5 Å². The van der Waals surface area contributed by atoms with Crippen molar-refractivity contribution in [2.75, 3.05) is 19.7 Å². The highest BCUT2D eigenvalue weighted by Crippen LogP contribution is 2.07. The van der Waals surface area contributed by atoms with Crippen molar-refractivity contribution in [2.24, 2.45) is 5.73 Å². The normalized spacial score (nSPS) is 23.6. The number of hydrogen-bond acceptors (Lipinski definition) is 4. The number of rotatable bonds is 3. The summed E-state index contributed by atoms with van der Waals surface area (Å²) in [6, 6.07) is -0.544. The Morgan fingerprint density at radius 3 is 2.87 bits per heavy atom. The van der Waals surface area contributed by atoms with Gasteiger partial charge in [0.05, 0.1) is 19.2 Å². The first kappa shape index (κ1) is 11.9. The fourth-order valence-corrected chi connectivity index (χ4v) is 1.41. The second kappa shape index (κ2) is 5.09. The lowest BCUT2D eigenvalue weighted by Gasteiger charge is -2.32. The van der Waals surface area contributed by atoms with Crippen LogP contribution in [0.15, 0.2) is 0 Å². The fourth-order valence-electron chi connectivity index (χ4n) is 1.41. The van der Waals surface area contributed by atoms with Crippen LogP contribution in [0.25, 0.3) is 0 Å². The van der Waals surface area contributed by atoms with E-state index in [0.29, 0.717) is 13.0 Å². The molecule has 1 saturated heterocycles. The van der Waals surface area contributed by atoms with E-state index in [4.69, 9.17) is 15.6 Å². The molecule has 0 saturated carbocycles. The standard InChI is InChI=1S/C9H16N2O4/c1-2-6(10)8(12)11-3-4-15-7(5-11)9(13)14/h6-7H,2-5,10H2,1H3,(H,13,14). The maximum absolute atomic E-state index is 11.6. The molecule has 1 fully saturated rings. The Morgan fingerprint density at radius 1 is 1.67 bits per heavy atom. The van der Waals surface area contributed by atoms with E-state index in [0.717, 1.165) is 0 Å². The zero-order valence-corrected chi connectivity index (χ0v) is 8.68. The number of nitrogens with zero attached hydrogens (tertiary/aromatic N) is 1. The topological polar surface area (TPSA) is 92.9 Å². The summed E-state index contributed by atoms with van der Waals surface area (Å²) in [5, 5.41) is 8.74. The molecule has 1 aliphatic heterocycles. The van der Waals surface area contributed by atoms with Crippen molar-refractivity contribution >= 4 is 11.9 Å². The van der Waals surface area contributed by atoms with Gasteiger partial charge in [-0.25, -0.2) is 4.79 Å². The summed E-state index contributed by atoms with van der Waals surface area (Å²) in [5.74, 6) is -1.25. The lowest BCUT2D eigenvalue weighted by molar-refractivity contribution is -0.159. The van der Waals surface area contributed by atoms with E-state index in [-0.39, 0.29) is 19.1 Å². The third-order valence-electron chi connectivity index (χ3n) is 2.41. The van der Waals surface area contributed by atoms with Crippen LogP contribution in [0.4, 0.5) is 0 Å². The molecule has 15 heavy (non-hydrogen) atoms. The SMILES string of the molecule is CCC(N)C(=O)N1CCOC(C(=O)O)C1. The molecule has 2 unspecified atom stereocenters. The molecule has 0 radical (unpaired) electrons. The number of carbonyl (C=O) groups excluding carboxylic acids is 1. The van der Waals surface area contributed by atoms with Gasteiger partial charge in [-0.3, -0.25) is 4.79 Å². The van der Waals surface area contributed by atoms with E-state index in [9.17, 15) is 9.59 Å². The van der Waals surface area contributed by atoms with E-state index < -0.39 is 18.1 Å². The minimum atomic E-state index is -1.04. The summed E-state index contributed by atoms with van der Waals surface area (Å²) in [4.78, 5) is 23.8. The third kappa shape index (κ3) is 2.90. The van der Waals surface area contributed by atoms with Gasteiger partial charge in [0.15, 0.2) is 6.10 Å². The molecule has 0 bridgehead atoms. The maximum atomic E-state index is 11.6. The number of ether oxygens (including phenoxy) is 1. The second-order valence-electron chi connectivity index (χ2n) is 3.50. The molecule has 0 aliphatic carbocycles. The Bertz CT molecular complexity index is 256. The van der Waals surface area contributed by atoms with Crippen LogP contribution in [-0.4, -0.2) is 53.7 Å². The van der Waals surface area contributed by atoms with Crippen LogP contribution >= 0.6 is 0 Å². The summed E-state index contributed by atoms with van der Waals surface area (Å²) < 4.78 is 5.00. The predicted octanol–water partition coefficient (Wildman–Crippen LogP) is -0.964. The first-order valence-corrected chi connectivity index (χ1v) is 4.95. The molecule has 0 aromatic carbocycles. The zero-order chi connectivity index (χ0) is 11.4. The Hall–Kier alpha value is -1.14. The molecule has 0 aromatic rings. The van der Waals surface area contributed by atoms with Crippen LogP contribution in [0, 0.1) is 0 Å². The quantitative estimate of drug-likeness (QED) is 0.633. The smallest absolute Gasteiger partial charge is 0.334 e. The van der Waals surface area contributed by atoms with Gasteiger partial charge in [-0.05, 0) is 6.42 Å². The number of nitrogens with two attached hydrogens (primary N) is 1. The van der Waals surface area contributed by atoms with Crippen LogP contribution in [0.2, 0.25) is 0 Å². The largest absolute Gasteiger partial charge is 0.479 e. The molecule has 0 aromatic heterocycles. The van der Waals surface area contributed by atoms with E-state index in [1.807, 2.05) is 6.92 Å². The molecule has 1 heterocycles. The highest BCUT2D eigenvalue weighted by molar-refractivity contribution is 5.82. The number of carboxylic acid groups (broad SMARTS) is 1. The number of carbonyl (C=O) groups is 2. The molecule has 1 amide bonds. The maximum Gasteiger partial charge on any atom is 0.334 e. The van der Waals surface area contributed by atoms with Crippen LogP contribution in [0.1, 0.15) is 13.3 Å². The van der Waals surface area contributed by atoms with Crippen molar-refractivity contribution < 1.29 is 19.4 Å². The minimum Gasteiger partial charge on any atom is -0.479 e. The van der Waals surface area contributed by atoms with Crippen molar-refractivity contribution in [3.63, 3.8) is 0 Å². The first-order valence-electron chi connectivity index (χ1n) is 4.95. The first-order chi connectivity index (χ1) is 7.06. The van der Waals surface area contributed by atoms with Gasteiger partial charge >= 0.3 is 5.97 Å². The number of morpholine rings is 1. The number of aliphatic carboxylic acids is 1. The van der Waals surface area contributed by atoms with Crippen molar-refractivity contribution in [1.82, 2.24) is 4.90 Å². The Morgan fingerprint density at radius 2 is 2.33 bits per heavy atom. The number of hydrogen-bond donors (Lipinski definition) is 2. The lowest BCUT2D eigenvalue weighted by Crippen LogP contribution is -2.53. The Kier molecular flexibility index (Phi) is 4.05. The molecular formula is C9H16N2O4. The van der Waals surface area contributed by atoms with E-state index in [2.05, 4.69) is 0 Å². The summed E-state index contributed by atoms with van der Waals surface area (Å²) >= 11 is 0. The molecule has 6 heteroatoms. The highest BCUT2D eigenvalue weighted by atomic mass is 16.5. The molecule has 2 atom stereocenters. The Labute approximate surface area is 88.0 Å². The lowest BCUT2D eigenvalue weighted by atomic mass is 10.2. The summed E-state index contributed by atoms with van der Waals surface area (Å²) in [6.45, 7) is 2.56. The molecule has 1 rings (SSSR count). The zero-order valence-electron chi connectivity index (χ0n) is 8.68. The highest BCUT2D eigenvalue weighted by Gasteiger charge is 2.30. The van der Waals surface area contributed by atoms with Crippen LogP contribution in [0.5, 0.6) is 0 Å². The van der Waals surface area contributed by atoms with Crippen molar-refractivity contribution in [2.45, 2.75) is 25.5 Å². The number of carboxylic acids is 1. The molecular weight excluding hydrogens is 200 g/mol. The van der Waals surface area contributed by atoms with Crippen molar-refractivity contribution in [3.05, 3.63) is 0 Å². The van der Waals surface area contributed by atoms with E-state index >= 15 is 0 Å². The van der Waals surface area contributed by atoms with Gasteiger partial charge in [-0.1, -0.05) is 6.92 Å². The molecule has 3 N–H and O–H groups in total. The van der Waals surface area contributed by atoms with Crippen molar-refractivity contribution in [3.8, 4) is 0 Å². The second-order valence-corrected chi connectivity index (χ2v) is 3.50. The Balaban J connectivity index is 2.56. The summed E-state index contributed by atoms with van der Waals surface area (Å²) in [6.07, 6.45) is -0.375. The van der Waals surface area contributed by atoms with Gasteiger partial charge in [-0.2, -0.15) is 0 Å². The average Bonchev–Trinajstić information content (AvgIpc) is 2.27. The van der Waals surface area contributed by atoms with E-state index in [1.54, 1.807) is 0 Å². The summed E-state index contributed by atoms with van der Waals surface area (Å²) in [5.41, 5.74) is 5.59. The van der Waals surface area contributed by atoms with Crippen molar-refractivity contribution in [1.29, 1.82) is 0 Å². The van der Waals surface area contributed by atoms with Gasteiger partial charge in [0, 0.05) is 6.54 Å². The van der Waals surface area contributed by atoms with E-state index in [1.165, 1.54) is 4.90 Å². The fraction of sp³-hybridized carbons (Fsp3) is 0.778. The van der Waals surface area contributed by atoms with Gasteiger partial charge in [-0.15, -0.1) is 0 Å². The average molecular weight is 216 g/mol. The van der Waals surface area contributed by atoms with Gasteiger partial charge in [0.25, 0.3) is 0 Å². The monoisotopic (exact) mass is 216 g/mol. The van der Waals surface area contributed by atoms with Gasteiger partial charge in [0.1, 0.15) is 0 Å². The molecule has 6 nitrogen and oxygen atoms in total. The molecule has 0 spiro atoms. The molecule has 1 aliphatic rings. The molecule has 86 valence electrons. The van der Waals surface area contributed by atoms with Crippen LogP contribution < -0.4 is 5.73 Å².